The van der Waals surface area contributed by atoms with Crippen LogP contribution in [0, 0.1) is 0 Å². The van der Waals surface area contributed by atoms with Gasteiger partial charge in [0.05, 0.1) is 5.69 Å². The van der Waals surface area contributed by atoms with Crippen LogP contribution in [0.1, 0.15) is 31.7 Å². The number of aryl methyl sites for hydroxylation is 2. The third-order valence-corrected chi connectivity index (χ3v) is 6.04. The number of para-hydroxylation sites is 1. The average molecular weight is 509 g/mol. The molecule has 0 saturated carbocycles. The van der Waals surface area contributed by atoms with Gasteiger partial charge in [0.2, 0.25) is 17.6 Å². The Morgan fingerprint density at radius 3 is 2.50 bits per heavy atom. The summed E-state index contributed by atoms with van der Waals surface area (Å²) in [6.07, 6.45) is 1.12. The second-order valence-electron chi connectivity index (χ2n) is 8.02. The first kappa shape index (κ1) is 25.1. The monoisotopic (exact) mass is 508 g/mol. The SMILES string of the molecule is CCc1ccccc1N(C)C(=O)CCc1nc(-c2nn(-c3ccc(Cl)cc3)c(=O)n(CC)c2=O)no1. The number of nitrogens with zero attached hydrogens (tertiary/aromatic N) is 6. The van der Waals surface area contributed by atoms with E-state index >= 15 is 0 Å². The summed E-state index contributed by atoms with van der Waals surface area (Å²) in [6.45, 7) is 3.85. The lowest BCUT2D eigenvalue weighted by Gasteiger charge is -2.20. The van der Waals surface area contributed by atoms with Gasteiger partial charge in [-0.2, -0.15) is 14.8 Å². The highest BCUT2D eigenvalue weighted by atomic mass is 35.5. The minimum atomic E-state index is -0.632. The molecule has 186 valence electrons. The minimum absolute atomic E-state index is 0.0583. The summed E-state index contributed by atoms with van der Waals surface area (Å²) in [4.78, 5) is 44.4. The van der Waals surface area contributed by atoms with E-state index in [9.17, 15) is 14.4 Å². The van der Waals surface area contributed by atoms with Gasteiger partial charge in [-0.05, 0) is 49.2 Å². The second-order valence-corrected chi connectivity index (χ2v) is 8.45. The van der Waals surface area contributed by atoms with Crippen molar-refractivity contribution in [3.63, 3.8) is 0 Å². The van der Waals surface area contributed by atoms with E-state index in [2.05, 4.69) is 15.2 Å². The summed E-state index contributed by atoms with van der Waals surface area (Å²) >= 11 is 5.95. The molecule has 11 heteroatoms. The van der Waals surface area contributed by atoms with Crippen LogP contribution in [0.25, 0.3) is 17.2 Å². The molecule has 0 radical (unpaired) electrons. The molecule has 0 bridgehead atoms. The Hall–Kier alpha value is -4.05. The predicted octanol–water partition coefficient (Wildman–Crippen LogP) is 3.28. The number of aromatic nitrogens is 5. The van der Waals surface area contributed by atoms with E-state index in [1.807, 2.05) is 31.2 Å². The van der Waals surface area contributed by atoms with Crippen molar-refractivity contribution >= 4 is 23.2 Å². The van der Waals surface area contributed by atoms with Gasteiger partial charge in [-0.3, -0.25) is 14.2 Å². The molecule has 1 amide bonds. The Morgan fingerprint density at radius 1 is 1.08 bits per heavy atom. The topological polar surface area (TPSA) is 116 Å². The lowest BCUT2D eigenvalue weighted by Crippen LogP contribution is -2.41. The third-order valence-electron chi connectivity index (χ3n) is 5.79. The van der Waals surface area contributed by atoms with Gasteiger partial charge in [-0.1, -0.05) is 41.9 Å². The van der Waals surface area contributed by atoms with Crippen molar-refractivity contribution in [1.29, 1.82) is 0 Å². The minimum Gasteiger partial charge on any atom is -0.339 e. The molecule has 36 heavy (non-hydrogen) atoms. The number of hydrogen-bond donors (Lipinski definition) is 0. The zero-order chi connectivity index (χ0) is 25.8. The Bertz CT molecular complexity index is 1510. The quantitative estimate of drug-likeness (QED) is 0.358. The highest BCUT2D eigenvalue weighted by Gasteiger charge is 2.21. The van der Waals surface area contributed by atoms with E-state index in [0.717, 1.165) is 26.9 Å². The van der Waals surface area contributed by atoms with Crippen LogP contribution in [0.3, 0.4) is 0 Å². The Labute approximate surface area is 211 Å². The van der Waals surface area contributed by atoms with Gasteiger partial charge in [0.15, 0.2) is 5.69 Å². The van der Waals surface area contributed by atoms with E-state index in [1.165, 1.54) is 0 Å². The molecule has 0 fully saturated rings. The Balaban J connectivity index is 1.58. The van der Waals surface area contributed by atoms with Crippen LogP contribution < -0.4 is 16.1 Å². The van der Waals surface area contributed by atoms with Gasteiger partial charge in [0.1, 0.15) is 0 Å². The van der Waals surface area contributed by atoms with Crippen LogP contribution >= 0.6 is 11.6 Å². The van der Waals surface area contributed by atoms with E-state index in [1.54, 1.807) is 43.1 Å². The van der Waals surface area contributed by atoms with Gasteiger partial charge in [-0.25, -0.2) is 4.79 Å². The molecule has 4 rings (SSSR count). The predicted molar refractivity (Wildman–Crippen MR) is 136 cm³/mol. The van der Waals surface area contributed by atoms with Crippen molar-refractivity contribution in [3.05, 3.63) is 85.8 Å². The number of hydrogen-bond acceptors (Lipinski definition) is 7. The Morgan fingerprint density at radius 2 is 1.81 bits per heavy atom. The Kier molecular flexibility index (Phi) is 7.44. The van der Waals surface area contributed by atoms with Crippen LogP contribution in [0.15, 0.2) is 62.6 Å². The number of carbonyl (C=O) groups is 1. The summed E-state index contributed by atoms with van der Waals surface area (Å²) < 4.78 is 7.43. The van der Waals surface area contributed by atoms with Crippen molar-refractivity contribution in [2.45, 2.75) is 39.7 Å². The molecule has 2 aromatic heterocycles. The van der Waals surface area contributed by atoms with Crippen LogP contribution in [0.5, 0.6) is 0 Å². The molecule has 0 aliphatic carbocycles. The lowest BCUT2D eigenvalue weighted by atomic mass is 10.1. The van der Waals surface area contributed by atoms with Gasteiger partial charge >= 0.3 is 5.69 Å². The number of rotatable bonds is 8. The van der Waals surface area contributed by atoms with Gasteiger partial charge in [-0.15, -0.1) is 0 Å². The number of benzene rings is 2. The fourth-order valence-corrected chi connectivity index (χ4v) is 3.92. The number of anilines is 1. The van der Waals surface area contributed by atoms with Crippen LogP contribution in [-0.2, 0) is 24.2 Å². The third kappa shape index (κ3) is 4.99. The van der Waals surface area contributed by atoms with Gasteiger partial charge in [0, 0.05) is 37.1 Å². The molecule has 0 spiro atoms. The molecule has 0 N–H and O–H groups in total. The van der Waals surface area contributed by atoms with Crippen molar-refractivity contribution in [2.75, 3.05) is 11.9 Å². The summed E-state index contributed by atoms with van der Waals surface area (Å²) in [5.41, 5.74) is 0.983. The van der Waals surface area contributed by atoms with Gasteiger partial charge in [0.25, 0.3) is 5.56 Å². The summed E-state index contributed by atoms with van der Waals surface area (Å²) in [5, 5.41) is 8.60. The molecular formula is C25H25ClN6O4. The standard InChI is InChI=1S/C25H25ClN6O4/c1-4-16-8-6-7-9-19(16)30(3)21(33)15-14-20-27-23(29-36-20)22-24(34)31(5-2)25(35)32(28-22)18-12-10-17(26)11-13-18/h6-13H,4-5,14-15H2,1-3H3. The zero-order valence-electron chi connectivity index (χ0n) is 20.1. The summed E-state index contributed by atoms with van der Waals surface area (Å²) in [5.74, 6) is 0.0134. The molecular weight excluding hydrogens is 484 g/mol. The summed E-state index contributed by atoms with van der Waals surface area (Å²) in [7, 11) is 1.73. The number of amides is 1. The maximum Gasteiger partial charge on any atom is 0.352 e. The number of halogens is 1. The molecule has 0 aliphatic heterocycles. The van der Waals surface area contributed by atoms with Gasteiger partial charge < -0.3 is 9.42 Å². The van der Waals surface area contributed by atoms with Crippen LogP contribution in [0.2, 0.25) is 5.02 Å². The maximum atomic E-state index is 12.9. The van der Waals surface area contributed by atoms with Crippen LogP contribution in [-0.4, -0.2) is 37.4 Å². The normalized spacial score (nSPS) is 11.0. The maximum absolute atomic E-state index is 12.9. The van der Waals surface area contributed by atoms with Crippen molar-refractivity contribution in [1.82, 2.24) is 24.5 Å². The average Bonchev–Trinajstić information content (AvgIpc) is 3.36. The number of carbonyl (C=O) groups excluding carboxylic acids is 1. The first-order valence-electron chi connectivity index (χ1n) is 11.5. The molecule has 0 unspecified atom stereocenters. The second kappa shape index (κ2) is 10.7. The molecule has 10 nitrogen and oxygen atoms in total. The molecule has 0 saturated heterocycles. The van der Waals surface area contributed by atoms with E-state index < -0.39 is 11.2 Å². The smallest absolute Gasteiger partial charge is 0.339 e. The largest absolute Gasteiger partial charge is 0.352 e. The first-order chi connectivity index (χ1) is 17.3. The van der Waals surface area contributed by atoms with E-state index in [0.29, 0.717) is 10.7 Å². The fourth-order valence-electron chi connectivity index (χ4n) is 3.79. The summed E-state index contributed by atoms with van der Waals surface area (Å²) in [6, 6.07) is 14.2. The van der Waals surface area contributed by atoms with E-state index in [4.69, 9.17) is 16.1 Å². The van der Waals surface area contributed by atoms with Crippen molar-refractivity contribution in [2.24, 2.45) is 0 Å². The lowest BCUT2D eigenvalue weighted by molar-refractivity contribution is -0.118. The highest BCUT2D eigenvalue weighted by Crippen LogP contribution is 2.21. The molecule has 2 aromatic carbocycles. The van der Waals surface area contributed by atoms with Crippen molar-refractivity contribution < 1.29 is 9.32 Å². The molecule has 0 atom stereocenters. The molecule has 2 heterocycles. The zero-order valence-corrected chi connectivity index (χ0v) is 20.9. The first-order valence-corrected chi connectivity index (χ1v) is 11.9. The fraction of sp³-hybridized carbons (Fsp3) is 0.280. The molecule has 0 aliphatic rings. The van der Waals surface area contributed by atoms with E-state index in [-0.39, 0.29) is 42.7 Å². The van der Waals surface area contributed by atoms with Crippen LogP contribution in [0.4, 0.5) is 5.69 Å². The van der Waals surface area contributed by atoms with Crippen molar-refractivity contribution in [3.8, 4) is 17.2 Å². The molecule has 4 aromatic rings. The highest BCUT2D eigenvalue weighted by molar-refractivity contribution is 6.30.